The van der Waals surface area contributed by atoms with E-state index in [0.29, 0.717) is 6.54 Å². The van der Waals surface area contributed by atoms with Crippen LogP contribution in [-0.2, 0) is 6.54 Å². The van der Waals surface area contributed by atoms with E-state index in [4.69, 9.17) is 0 Å². The molecule has 0 saturated carbocycles. The number of carbonyl (C=O) groups excluding carboxylic acids is 1. The van der Waals surface area contributed by atoms with Gasteiger partial charge in [0, 0.05) is 17.0 Å². The first kappa shape index (κ1) is 12.8. The van der Waals surface area contributed by atoms with Gasteiger partial charge in [-0.25, -0.2) is 0 Å². The van der Waals surface area contributed by atoms with Gasteiger partial charge in [0.25, 0.3) is 5.91 Å². The smallest absolute Gasteiger partial charge is 0.254 e. The molecule has 0 fully saturated rings. The van der Waals surface area contributed by atoms with E-state index in [2.05, 4.69) is 6.07 Å². The van der Waals surface area contributed by atoms with E-state index in [-0.39, 0.29) is 5.91 Å². The molecule has 0 N–H and O–H groups in total. The Morgan fingerprint density at radius 3 is 2.72 bits per heavy atom. The third-order valence-electron chi connectivity index (χ3n) is 2.86. The fraction of sp³-hybridized carbons (Fsp3) is 0.267. The summed E-state index contributed by atoms with van der Waals surface area (Å²) in [5, 5.41) is 2.04. The third kappa shape index (κ3) is 2.99. The van der Waals surface area contributed by atoms with E-state index in [1.54, 1.807) is 11.3 Å². The molecule has 0 bridgehead atoms. The lowest BCUT2D eigenvalue weighted by molar-refractivity contribution is 0.0754. The van der Waals surface area contributed by atoms with Crippen LogP contribution in [-0.4, -0.2) is 17.4 Å². The van der Waals surface area contributed by atoms with Gasteiger partial charge in [-0.3, -0.25) is 4.79 Å². The Bertz CT molecular complexity index is 519. The molecule has 2 rings (SSSR count). The molecule has 1 amide bonds. The maximum atomic E-state index is 12.4. The second-order valence-electron chi connectivity index (χ2n) is 4.27. The van der Waals surface area contributed by atoms with Crippen LogP contribution in [0.1, 0.15) is 27.7 Å². The summed E-state index contributed by atoms with van der Waals surface area (Å²) in [6.45, 7) is 5.44. The summed E-state index contributed by atoms with van der Waals surface area (Å²) >= 11 is 1.69. The molecule has 2 nitrogen and oxygen atoms in total. The molecular formula is C15H17NOS. The zero-order valence-electron chi connectivity index (χ0n) is 10.7. The van der Waals surface area contributed by atoms with Crippen LogP contribution >= 0.6 is 11.3 Å². The Hall–Kier alpha value is -1.61. The molecule has 2 aromatic rings. The van der Waals surface area contributed by atoms with Crippen molar-refractivity contribution < 1.29 is 4.79 Å². The summed E-state index contributed by atoms with van der Waals surface area (Å²) in [5.74, 6) is 0.106. The van der Waals surface area contributed by atoms with Gasteiger partial charge in [-0.2, -0.15) is 0 Å². The highest BCUT2D eigenvalue weighted by Gasteiger charge is 2.14. The zero-order valence-corrected chi connectivity index (χ0v) is 11.5. The summed E-state index contributed by atoms with van der Waals surface area (Å²) in [5.41, 5.74) is 1.89. The number of thiophene rings is 1. The zero-order chi connectivity index (χ0) is 13.0. The number of aryl methyl sites for hydroxylation is 1. The van der Waals surface area contributed by atoms with Crippen LogP contribution in [0.25, 0.3) is 0 Å². The lowest BCUT2D eigenvalue weighted by Crippen LogP contribution is -2.29. The number of amides is 1. The predicted molar refractivity (Wildman–Crippen MR) is 75.9 cm³/mol. The quantitative estimate of drug-likeness (QED) is 0.819. The van der Waals surface area contributed by atoms with Gasteiger partial charge in [0.05, 0.1) is 6.54 Å². The molecule has 0 radical (unpaired) electrons. The Morgan fingerprint density at radius 1 is 1.28 bits per heavy atom. The highest BCUT2D eigenvalue weighted by Crippen LogP contribution is 2.14. The average molecular weight is 259 g/mol. The van der Waals surface area contributed by atoms with Crippen molar-refractivity contribution in [2.75, 3.05) is 6.54 Å². The second kappa shape index (κ2) is 5.83. The topological polar surface area (TPSA) is 20.3 Å². The molecule has 0 unspecified atom stereocenters. The SMILES string of the molecule is CCN(Cc1cccs1)C(=O)c1cccc(C)c1. The lowest BCUT2D eigenvalue weighted by Gasteiger charge is -2.20. The van der Waals surface area contributed by atoms with E-state index >= 15 is 0 Å². The molecule has 0 aliphatic heterocycles. The summed E-state index contributed by atoms with van der Waals surface area (Å²) in [6, 6.07) is 11.8. The van der Waals surface area contributed by atoms with Crippen LogP contribution in [0.5, 0.6) is 0 Å². The Balaban J connectivity index is 2.15. The van der Waals surface area contributed by atoms with Crippen LogP contribution in [0.15, 0.2) is 41.8 Å². The van der Waals surface area contributed by atoms with Crippen molar-refractivity contribution in [2.45, 2.75) is 20.4 Å². The van der Waals surface area contributed by atoms with Crippen LogP contribution in [0.3, 0.4) is 0 Å². The van der Waals surface area contributed by atoms with Gasteiger partial charge < -0.3 is 4.90 Å². The van der Waals surface area contributed by atoms with E-state index < -0.39 is 0 Å². The van der Waals surface area contributed by atoms with Crippen LogP contribution < -0.4 is 0 Å². The van der Waals surface area contributed by atoms with Crippen molar-refractivity contribution in [3.05, 3.63) is 57.8 Å². The summed E-state index contributed by atoms with van der Waals surface area (Å²) in [4.78, 5) is 15.5. The number of hydrogen-bond donors (Lipinski definition) is 0. The molecule has 3 heteroatoms. The first-order valence-electron chi connectivity index (χ1n) is 6.09. The predicted octanol–water partition coefficient (Wildman–Crippen LogP) is 3.72. The van der Waals surface area contributed by atoms with E-state index in [1.165, 1.54) is 4.88 Å². The number of carbonyl (C=O) groups is 1. The lowest BCUT2D eigenvalue weighted by atomic mass is 10.1. The molecule has 0 atom stereocenters. The average Bonchev–Trinajstić information content (AvgIpc) is 2.88. The first-order chi connectivity index (χ1) is 8.70. The minimum Gasteiger partial charge on any atom is -0.334 e. The Labute approximate surface area is 112 Å². The molecule has 94 valence electrons. The van der Waals surface area contributed by atoms with Gasteiger partial charge in [-0.1, -0.05) is 23.8 Å². The van der Waals surface area contributed by atoms with Gasteiger partial charge in [0.2, 0.25) is 0 Å². The Morgan fingerprint density at radius 2 is 2.11 bits per heavy atom. The molecule has 0 aliphatic carbocycles. The molecule has 0 spiro atoms. The minimum absolute atomic E-state index is 0.106. The van der Waals surface area contributed by atoms with Crippen LogP contribution in [0.4, 0.5) is 0 Å². The fourth-order valence-electron chi connectivity index (χ4n) is 1.88. The summed E-state index contributed by atoms with van der Waals surface area (Å²) in [7, 11) is 0. The van der Waals surface area contributed by atoms with Gasteiger partial charge in [-0.05, 0) is 37.4 Å². The molecule has 18 heavy (non-hydrogen) atoms. The normalized spacial score (nSPS) is 10.3. The highest BCUT2D eigenvalue weighted by molar-refractivity contribution is 7.09. The monoisotopic (exact) mass is 259 g/mol. The van der Waals surface area contributed by atoms with E-state index in [1.807, 2.05) is 54.5 Å². The van der Waals surface area contributed by atoms with Crippen LogP contribution in [0, 0.1) is 6.92 Å². The van der Waals surface area contributed by atoms with E-state index in [0.717, 1.165) is 17.7 Å². The summed E-state index contributed by atoms with van der Waals surface area (Å²) in [6.07, 6.45) is 0. The van der Waals surface area contributed by atoms with Gasteiger partial charge in [0.1, 0.15) is 0 Å². The molecular weight excluding hydrogens is 242 g/mol. The van der Waals surface area contributed by atoms with Crippen LogP contribution in [0.2, 0.25) is 0 Å². The van der Waals surface area contributed by atoms with Gasteiger partial charge in [0.15, 0.2) is 0 Å². The summed E-state index contributed by atoms with van der Waals surface area (Å²) < 4.78 is 0. The van der Waals surface area contributed by atoms with Crippen molar-refractivity contribution in [3.63, 3.8) is 0 Å². The highest BCUT2D eigenvalue weighted by atomic mass is 32.1. The van der Waals surface area contributed by atoms with Crippen molar-refractivity contribution >= 4 is 17.2 Å². The minimum atomic E-state index is 0.106. The van der Waals surface area contributed by atoms with E-state index in [9.17, 15) is 4.79 Å². The number of hydrogen-bond acceptors (Lipinski definition) is 2. The molecule has 1 aromatic heterocycles. The molecule has 0 aliphatic rings. The van der Waals surface area contributed by atoms with Crippen molar-refractivity contribution in [2.24, 2.45) is 0 Å². The maximum absolute atomic E-state index is 12.4. The number of benzene rings is 1. The maximum Gasteiger partial charge on any atom is 0.254 e. The number of nitrogens with zero attached hydrogens (tertiary/aromatic N) is 1. The Kier molecular flexibility index (Phi) is 4.15. The van der Waals surface area contributed by atoms with Crippen molar-refractivity contribution in [1.29, 1.82) is 0 Å². The second-order valence-corrected chi connectivity index (χ2v) is 5.30. The molecule has 1 aromatic carbocycles. The van der Waals surface area contributed by atoms with Crippen molar-refractivity contribution in [1.82, 2.24) is 4.90 Å². The fourth-order valence-corrected chi connectivity index (χ4v) is 2.60. The molecule has 0 saturated heterocycles. The van der Waals surface area contributed by atoms with Gasteiger partial charge >= 0.3 is 0 Å². The first-order valence-corrected chi connectivity index (χ1v) is 6.97. The largest absolute Gasteiger partial charge is 0.334 e. The third-order valence-corrected chi connectivity index (χ3v) is 3.72. The number of rotatable bonds is 4. The van der Waals surface area contributed by atoms with Crippen molar-refractivity contribution in [3.8, 4) is 0 Å². The standard InChI is InChI=1S/C15H17NOS/c1-3-16(11-14-8-5-9-18-14)15(17)13-7-4-6-12(2)10-13/h4-10H,3,11H2,1-2H3. The van der Waals surface area contributed by atoms with Gasteiger partial charge in [-0.15, -0.1) is 11.3 Å². The molecule has 1 heterocycles.